The molecule has 3 heterocycles. The minimum absolute atomic E-state index is 0.239. The van der Waals surface area contributed by atoms with Gasteiger partial charge in [0.15, 0.2) is 18.9 Å². The van der Waals surface area contributed by atoms with Crippen LogP contribution in [-0.2, 0) is 33.2 Å². The fourth-order valence-electron chi connectivity index (χ4n) is 15.3. The smallest absolute Gasteiger partial charge is 0.220 e. The molecule has 0 spiro atoms. The van der Waals surface area contributed by atoms with Crippen molar-refractivity contribution in [2.75, 3.05) is 26.4 Å². The average molecular weight is 1530 g/mol. The molecule has 3 rings (SSSR count). The SMILES string of the molecule is CCCCCCCCCC/C=C\CCCCCCCCCCCCCCCCCCCCCC(=O)NC(COC1OC(CO)C(OC2OC(CO)C(OC3OC(CO)C(O)C(O)C3O)C(O)C2O)C(O)C1O)C(O)/C=C/CC/C=C/CCCCCCCCCCCCCCCCCCCCCCCCCCC. The topological polar surface area (TPSA) is 307 Å². The molecule has 0 aromatic rings. The van der Waals surface area contributed by atoms with Crippen molar-refractivity contribution in [2.45, 2.75) is 491 Å². The Labute approximate surface area is 651 Å². The second kappa shape index (κ2) is 68.4. The van der Waals surface area contributed by atoms with Gasteiger partial charge in [0.1, 0.15) is 73.2 Å². The van der Waals surface area contributed by atoms with Crippen molar-refractivity contribution in [2.24, 2.45) is 0 Å². The van der Waals surface area contributed by atoms with Gasteiger partial charge in [-0.25, -0.2) is 0 Å². The van der Waals surface area contributed by atoms with Crippen LogP contribution in [0.4, 0.5) is 0 Å². The summed E-state index contributed by atoms with van der Waals surface area (Å²) >= 11 is 0. The number of aliphatic hydroxyl groups excluding tert-OH is 11. The molecular weight excluding hydrogens is 1360 g/mol. The number of amides is 1. The quantitative estimate of drug-likeness (QED) is 0.0199. The summed E-state index contributed by atoms with van der Waals surface area (Å²) in [6.45, 7) is 1.79. The highest BCUT2D eigenvalue weighted by Gasteiger charge is 2.54. The lowest BCUT2D eigenvalue weighted by Gasteiger charge is -2.48. The third-order valence-electron chi connectivity index (χ3n) is 22.4. The standard InChI is InChI=1S/C88H165NO18/c1-3-5-7-9-11-13-15-17-19-21-23-25-27-29-31-33-35-37-39-41-43-45-47-49-51-53-55-57-59-61-63-65-72(93)71(89-76(94)66-64-62-60-58-56-54-52-50-48-46-44-42-40-38-36-34-32-30-28-26-24-22-20-18-16-14-12-10-8-6-4-2)70-102-86-82(100)79(97)84(74(68-91)104-86)107-88-83(101)80(98)85(75(69-92)105-88)106-87-81(99)78(96)77(95)73(67-90)103-87/h22,24,55,57,63,65,71-75,77-88,90-93,95-101H,3-21,23,25-54,56,58-62,64,66-70H2,1-2H3,(H,89,94)/b24-22-,57-55+,65-63+. The minimum Gasteiger partial charge on any atom is -0.394 e. The fraction of sp³-hybridized carbons (Fsp3) is 0.920. The maximum absolute atomic E-state index is 13.5. The first kappa shape index (κ1) is 99.2. The van der Waals surface area contributed by atoms with Crippen LogP contribution in [0, 0.1) is 0 Å². The van der Waals surface area contributed by atoms with Crippen LogP contribution in [0.5, 0.6) is 0 Å². The minimum atomic E-state index is -1.98. The summed E-state index contributed by atoms with van der Waals surface area (Å²) < 4.78 is 34.5. The van der Waals surface area contributed by atoms with Gasteiger partial charge in [-0.05, 0) is 57.8 Å². The molecule has 0 bridgehead atoms. The van der Waals surface area contributed by atoms with Crippen LogP contribution in [0.2, 0.25) is 0 Å². The van der Waals surface area contributed by atoms with Crippen LogP contribution in [0.25, 0.3) is 0 Å². The highest BCUT2D eigenvalue weighted by atomic mass is 16.8. The molecule has 0 aromatic carbocycles. The molecule has 0 saturated carbocycles. The number of allylic oxidation sites excluding steroid dienone is 5. The van der Waals surface area contributed by atoms with Gasteiger partial charge in [-0.1, -0.05) is 359 Å². The maximum atomic E-state index is 13.5. The molecule has 3 saturated heterocycles. The molecule has 1 amide bonds. The van der Waals surface area contributed by atoms with Crippen LogP contribution < -0.4 is 5.32 Å². The lowest BCUT2D eigenvalue weighted by Crippen LogP contribution is -2.66. The van der Waals surface area contributed by atoms with Gasteiger partial charge >= 0.3 is 0 Å². The highest BCUT2D eigenvalue weighted by Crippen LogP contribution is 2.34. The van der Waals surface area contributed by atoms with E-state index in [4.69, 9.17) is 28.4 Å². The van der Waals surface area contributed by atoms with Crippen LogP contribution in [0.1, 0.15) is 386 Å². The predicted octanol–water partition coefficient (Wildman–Crippen LogP) is 16.6. The average Bonchev–Trinajstić information content (AvgIpc) is 0.780. The van der Waals surface area contributed by atoms with Crippen molar-refractivity contribution in [1.29, 1.82) is 0 Å². The molecule has 17 unspecified atom stereocenters. The van der Waals surface area contributed by atoms with E-state index in [-0.39, 0.29) is 18.9 Å². The molecular formula is C88H165NO18. The van der Waals surface area contributed by atoms with E-state index >= 15 is 0 Å². The Bertz CT molecular complexity index is 2070. The predicted molar refractivity (Wildman–Crippen MR) is 429 cm³/mol. The summed E-state index contributed by atoms with van der Waals surface area (Å²) in [5, 5.41) is 121. The largest absolute Gasteiger partial charge is 0.394 e. The molecule has 0 aliphatic carbocycles. The van der Waals surface area contributed by atoms with E-state index < -0.39 is 124 Å². The van der Waals surface area contributed by atoms with E-state index in [2.05, 4.69) is 43.5 Å². The Morgan fingerprint density at radius 2 is 0.598 bits per heavy atom. The lowest BCUT2D eigenvalue weighted by molar-refractivity contribution is -0.379. The second-order valence-corrected chi connectivity index (χ2v) is 32.1. The fourth-order valence-corrected chi connectivity index (χ4v) is 15.3. The Balaban J connectivity index is 1.34. The molecule has 107 heavy (non-hydrogen) atoms. The summed E-state index contributed by atoms with van der Waals surface area (Å²) in [7, 11) is 0. The van der Waals surface area contributed by atoms with E-state index in [0.29, 0.717) is 12.8 Å². The number of hydrogen-bond donors (Lipinski definition) is 12. The van der Waals surface area contributed by atoms with E-state index in [1.54, 1.807) is 6.08 Å². The third-order valence-corrected chi connectivity index (χ3v) is 22.4. The zero-order valence-corrected chi connectivity index (χ0v) is 67.9. The van der Waals surface area contributed by atoms with Crippen molar-refractivity contribution in [3.8, 4) is 0 Å². The van der Waals surface area contributed by atoms with Crippen molar-refractivity contribution < 1.29 is 89.4 Å². The monoisotopic (exact) mass is 1520 g/mol. The van der Waals surface area contributed by atoms with Gasteiger partial charge in [0.25, 0.3) is 0 Å². The molecule has 0 aromatic heterocycles. The summed E-state index contributed by atoms with van der Waals surface area (Å²) in [6.07, 6.45) is 60.2. The molecule has 3 aliphatic heterocycles. The third kappa shape index (κ3) is 47.5. The van der Waals surface area contributed by atoms with Gasteiger partial charge < -0.3 is 89.9 Å². The molecule has 17 atom stereocenters. The Morgan fingerprint density at radius 3 is 0.935 bits per heavy atom. The number of aliphatic hydroxyl groups is 11. The van der Waals surface area contributed by atoms with Gasteiger partial charge in [-0.15, -0.1) is 0 Å². The number of hydrogen-bond acceptors (Lipinski definition) is 18. The van der Waals surface area contributed by atoms with Crippen LogP contribution in [-0.4, -0.2) is 193 Å². The lowest BCUT2D eigenvalue weighted by atomic mass is 9.96. The highest BCUT2D eigenvalue weighted by molar-refractivity contribution is 5.76. The van der Waals surface area contributed by atoms with E-state index in [1.807, 2.05) is 6.08 Å². The Kier molecular flexibility index (Phi) is 63.4. The number of ether oxygens (including phenoxy) is 6. The number of nitrogens with one attached hydrogen (secondary N) is 1. The number of unbranched alkanes of at least 4 members (excludes halogenated alkanes) is 53. The summed E-state index contributed by atoms with van der Waals surface area (Å²) in [6, 6.07) is -0.991. The van der Waals surface area contributed by atoms with E-state index in [0.717, 1.165) is 38.5 Å². The summed E-state index contributed by atoms with van der Waals surface area (Å²) in [5.41, 5.74) is 0. The zero-order valence-electron chi connectivity index (χ0n) is 67.9. The number of carbonyl (C=O) groups excluding carboxylic acids is 1. The molecule has 19 heteroatoms. The van der Waals surface area contributed by atoms with E-state index in [9.17, 15) is 61.0 Å². The van der Waals surface area contributed by atoms with Gasteiger partial charge in [0.05, 0.1) is 38.6 Å². The first-order chi connectivity index (χ1) is 52.3. The molecule has 3 aliphatic rings. The Hall–Kier alpha value is -1.99. The Morgan fingerprint density at radius 1 is 0.327 bits per heavy atom. The van der Waals surface area contributed by atoms with Gasteiger partial charge in [-0.2, -0.15) is 0 Å². The van der Waals surface area contributed by atoms with Crippen LogP contribution in [0.15, 0.2) is 36.5 Å². The number of rotatable bonds is 73. The van der Waals surface area contributed by atoms with Crippen molar-refractivity contribution in [3.63, 3.8) is 0 Å². The maximum Gasteiger partial charge on any atom is 0.220 e. The first-order valence-electron chi connectivity index (χ1n) is 44.7. The zero-order chi connectivity index (χ0) is 77.4. The number of carbonyl (C=O) groups is 1. The van der Waals surface area contributed by atoms with Gasteiger partial charge in [-0.3, -0.25) is 4.79 Å². The van der Waals surface area contributed by atoms with Crippen molar-refractivity contribution in [1.82, 2.24) is 5.32 Å². The molecule has 0 radical (unpaired) electrons. The molecule has 19 nitrogen and oxygen atoms in total. The van der Waals surface area contributed by atoms with Crippen LogP contribution >= 0.6 is 0 Å². The first-order valence-corrected chi connectivity index (χ1v) is 44.7. The van der Waals surface area contributed by atoms with Gasteiger partial charge in [0.2, 0.25) is 5.91 Å². The molecule has 12 N–H and O–H groups in total. The van der Waals surface area contributed by atoms with Crippen molar-refractivity contribution in [3.05, 3.63) is 36.5 Å². The van der Waals surface area contributed by atoms with E-state index in [1.165, 1.54) is 315 Å². The summed E-state index contributed by atoms with van der Waals surface area (Å²) in [5.74, 6) is -0.277. The summed E-state index contributed by atoms with van der Waals surface area (Å²) in [4.78, 5) is 13.5. The molecule has 630 valence electrons. The normalized spacial score (nSPS) is 25.6. The molecule has 3 fully saturated rings. The van der Waals surface area contributed by atoms with Crippen LogP contribution in [0.3, 0.4) is 0 Å². The van der Waals surface area contributed by atoms with Crippen molar-refractivity contribution >= 4 is 5.91 Å². The second-order valence-electron chi connectivity index (χ2n) is 32.1. The van der Waals surface area contributed by atoms with Gasteiger partial charge in [0, 0.05) is 6.42 Å².